The fraction of sp³-hybridized carbons (Fsp3) is 0.240. The summed E-state index contributed by atoms with van der Waals surface area (Å²) in [5.41, 5.74) is 2.83. The lowest BCUT2D eigenvalue weighted by Crippen LogP contribution is -2.36. The Morgan fingerprint density at radius 2 is 1.79 bits per heavy atom. The summed E-state index contributed by atoms with van der Waals surface area (Å²) in [5.74, 6) is 0.112. The molecular weight excluding hydrogens is 460 g/mol. The van der Waals surface area contributed by atoms with Gasteiger partial charge >= 0.3 is 0 Å². The third-order valence-corrected chi connectivity index (χ3v) is 7.83. The molecule has 1 N–H and O–H groups in total. The summed E-state index contributed by atoms with van der Waals surface area (Å²) in [6, 6.07) is 19.2. The van der Waals surface area contributed by atoms with Crippen LogP contribution in [0.5, 0.6) is 5.75 Å². The fourth-order valence-electron chi connectivity index (χ4n) is 3.76. The molecule has 0 atom stereocenters. The first-order chi connectivity index (χ1) is 15.9. The van der Waals surface area contributed by atoms with Crippen molar-refractivity contribution in [2.24, 2.45) is 0 Å². The summed E-state index contributed by atoms with van der Waals surface area (Å²) in [6.45, 7) is 3.15. The normalized spacial score (nSPS) is 13.9. The van der Waals surface area contributed by atoms with E-state index in [1.165, 1.54) is 22.5 Å². The van der Waals surface area contributed by atoms with E-state index in [4.69, 9.17) is 16.3 Å². The highest BCUT2D eigenvalue weighted by atomic mass is 35.5. The number of carbonyl (C=O) groups excluding carboxylic acids is 1. The molecule has 0 aromatic heterocycles. The van der Waals surface area contributed by atoms with Crippen molar-refractivity contribution >= 4 is 33.2 Å². The Bertz CT molecular complexity index is 1280. The number of anilines is 1. The smallest absolute Gasteiger partial charge is 0.255 e. The summed E-state index contributed by atoms with van der Waals surface area (Å²) in [5, 5.41) is 2.89. The number of sulfonamides is 1. The Morgan fingerprint density at radius 1 is 1.06 bits per heavy atom. The molecule has 6 nitrogen and oxygen atoms in total. The highest BCUT2D eigenvalue weighted by Gasteiger charge is 2.30. The maximum atomic E-state index is 13.4. The first-order valence-corrected chi connectivity index (χ1v) is 12.6. The first-order valence-electron chi connectivity index (χ1n) is 10.8. The molecule has 0 spiro atoms. The second kappa shape index (κ2) is 9.95. The van der Waals surface area contributed by atoms with Gasteiger partial charge in [-0.25, -0.2) is 8.42 Å². The number of nitrogens with zero attached hydrogens (tertiary/aromatic N) is 1. The third-order valence-electron chi connectivity index (χ3n) is 5.50. The van der Waals surface area contributed by atoms with Crippen molar-refractivity contribution in [3.05, 3.63) is 88.4 Å². The van der Waals surface area contributed by atoms with Crippen molar-refractivity contribution < 1.29 is 17.9 Å². The summed E-state index contributed by atoms with van der Waals surface area (Å²) in [6.07, 6.45) is 1.46. The number of ether oxygens (including phenoxy) is 1. The average Bonchev–Trinajstić information content (AvgIpc) is 2.83. The minimum atomic E-state index is -3.89. The molecule has 33 heavy (non-hydrogen) atoms. The topological polar surface area (TPSA) is 75.7 Å². The van der Waals surface area contributed by atoms with Gasteiger partial charge in [0, 0.05) is 18.7 Å². The highest BCUT2D eigenvalue weighted by molar-refractivity contribution is 7.89. The fourth-order valence-corrected chi connectivity index (χ4v) is 5.68. The molecule has 1 amide bonds. The Kier molecular flexibility index (Phi) is 7.02. The van der Waals surface area contributed by atoms with E-state index < -0.39 is 15.9 Å². The van der Waals surface area contributed by atoms with Gasteiger partial charge in [-0.1, -0.05) is 54.9 Å². The Labute approximate surface area is 199 Å². The number of benzene rings is 3. The second-order valence-corrected chi connectivity index (χ2v) is 10.1. The molecule has 0 unspecified atom stereocenters. The average molecular weight is 485 g/mol. The maximum absolute atomic E-state index is 13.4. The molecule has 172 valence electrons. The van der Waals surface area contributed by atoms with Crippen LogP contribution < -0.4 is 10.1 Å². The van der Waals surface area contributed by atoms with Crippen molar-refractivity contribution in [1.82, 2.24) is 4.31 Å². The van der Waals surface area contributed by atoms with Gasteiger partial charge in [0.2, 0.25) is 10.0 Å². The van der Waals surface area contributed by atoms with Crippen molar-refractivity contribution in [3.8, 4) is 5.75 Å². The van der Waals surface area contributed by atoms with Crippen LogP contribution in [-0.4, -0.2) is 31.8 Å². The zero-order valence-electron chi connectivity index (χ0n) is 18.3. The lowest BCUT2D eigenvalue weighted by atomic mass is 10.0. The predicted molar refractivity (Wildman–Crippen MR) is 129 cm³/mol. The van der Waals surface area contributed by atoms with Crippen LogP contribution in [0, 0.1) is 0 Å². The van der Waals surface area contributed by atoms with Crippen LogP contribution in [0.4, 0.5) is 5.69 Å². The standard InChI is InChI=1S/C25H25ClN2O4S/c1-2-15-32-23-10-6-5-9-22(23)27-25(29)19-11-12-21(26)24(16-19)33(30,31)28-14-13-18-7-3-4-8-20(18)17-28/h3-12,16H,2,13-15,17H2,1H3,(H,27,29). The molecule has 0 bridgehead atoms. The Hall–Kier alpha value is -2.87. The van der Waals surface area contributed by atoms with E-state index in [1.54, 1.807) is 18.2 Å². The van der Waals surface area contributed by atoms with Crippen molar-refractivity contribution in [2.45, 2.75) is 31.2 Å². The molecular formula is C25H25ClN2O4S. The van der Waals surface area contributed by atoms with Crippen LogP contribution in [0.25, 0.3) is 0 Å². The van der Waals surface area contributed by atoms with Crippen LogP contribution in [0.15, 0.2) is 71.6 Å². The molecule has 0 saturated heterocycles. The van der Waals surface area contributed by atoms with Crippen LogP contribution in [-0.2, 0) is 23.0 Å². The molecule has 8 heteroatoms. The van der Waals surface area contributed by atoms with Gasteiger partial charge in [0.1, 0.15) is 10.6 Å². The van der Waals surface area contributed by atoms with Crippen LogP contribution in [0.2, 0.25) is 5.02 Å². The maximum Gasteiger partial charge on any atom is 0.255 e. The molecule has 3 aromatic carbocycles. The van der Waals surface area contributed by atoms with E-state index in [0.717, 1.165) is 17.5 Å². The quantitative estimate of drug-likeness (QED) is 0.504. The lowest BCUT2D eigenvalue weighted by molar-refractivity contribution is 0.102. The zero-order chi connectivity index (χ0) is 23.4. The van der Waals surface area contributed by atoms with Gasteiger partial charge in [-0.2, -0.15) is 4.31 Å². The van der Waals surface area contributed by atoms with Gasteiger partial charge in [-0.05, 0) is 54.3 Å². The van der Waals surface area contributed by atoms with Gasteiger partial charge in [0.15, 0.2) is 0 Å². The molecule has 1 aliphatic rings. The summed E-state index contributed by atoms with van der Waals surface area (Å²) in [7, 11) is -3.89. The lowest BCUT2D eigenvalue weighted by Gasteiger charge is -2.28. The van der Waals surface area contributed by atoms with E-state index in [-0.39, 0.29) is 22.0 Å². The SMILES string of the molecule is CCCOc1ccccc1NC(=O)c1ccc(Cl)c(S(=O)(=O)N2CCc3ccccc3C2)c1. The number of para-hydroxylation sites is 2. The van der Waals surface area contributed by atoms with E-state index in [9.17, 15) is 13.2 Å². The van der Waals surface area contributed by atoms with Gasteiger partial charge in [-0.3, -0.25) is 4.79 Å². The second-order valence-electron chi connectivity index (χ2n) is 7.80. The third kappa shape index (κ3) is 5.05. The monoisotopic (exact) mass is 484 g/mol. The summed E-state index contributed by atoms with van der Waals surface area (Å²) >= 11 is 6.29. The number of carbonyl (C=O) groups is 1. The minimum Gasteiger partial charge on any atom is -0.491 e. The number of rotatable bonds is 7. The van der Waals surface area contributed by atoms with Gasteiger partial charge in [-0.15, -0.1) is 0 Å². The molecule has 0 saturated carbocycles. The van der Waals surface area contributed by atoms with Crippen LogP contribution in [0.1, 0.15) is 34.8 Å². The molecule has 0 fully saturated rings. The van der Waals surface area contributed by atoms with E-state index >= 15 is 0 Å². The van der Waals surface area contributed by atoms with Gasteiger partial charge in [0.05, 0.1) is 17.3 Å². The number of hydrogen-bond donors (Lipinski definition) is 1. The number of halogens is 1. The number of hydrogen-bond acceptors (Lipinski definition) is 4. The number of nitrogens with one attached hydrogen (secondary N) is 1. The van der Waals surface area contributed by atoms with E-state index in [0.29, 0.717) is 31.0 Å². The summed E-state index contributed by atoms with van der Waals surface area (Å²) < 4.78 is 33.9. The van der Waals surface area contributed by atoms with Gasteiger partial charge in [0.25, 0.3) is 5.91 Å². The molecule has 3 aromatic rings. The van der Waals surface area contributed by atoms with Crippen LogP contribution in [0.3, 0.4) is 0 Å². The predicted octanol–water partition coefficient (Wildman–Crippen LogP) is 5.13. The van der Waals surface area contributed by atoms with E-state index in [1.807, 2.05) is 37.3 Å². The molecule has 1 aliphatic heterocycles. The largest absolute Gasteiger partial charge is 0.491 e. The van der Waals surface area contributed by atoms with Crippen molar-refractivity contribution in [3.63, 3.8) is 0 Å². The Balaban J connectivity index is 1.59. The summed E-state index contributed by atoms with van der Waals surface area (Å²) in [4.78, 5) is 12.9. The van der Waals surface area contributed by atoms with Gasteiger partial charge < -0.3 is 10.1 Å². The minimum absolute atomic E-state index is 0.0771. The number of fused-ring (bicyclic) bond motifs is 1. The van der Waals surface area contributed by atoms with Crippen molar-refractivity contribution in [2.75, 3.05) is 18.5 Å². The van der Waals surface area contributed by atoms with Crippen molar-refractivity contribution in [1.29, 1.82) is 0 Å². The Morgan fingerprint density at radius 3 is 2.58 bits per heavy atom. The number of amides is 1. The zero-order valence-corrected chi connectivity index (χ0v) is 19.8. The van der Waals surface area contributed by atoms with Crippen LogP contribution >= 0.6 is 11.6 Å². The molecule has 0 radical (unpaired) electrons. The molecule has 0 aliphatic carbocycles. The molecule has 1 heterocycles. The highest BCUT2D eigenvalue weighted by Crippen LogP contribution is 2.30. The molecule has 4 rings (SSSR count). The first kappa shape index (κ1) is 23.3. The van der Waals surface area contributed by atoms with E-state index in [2.05, 4.69) is 5.32 Å².